The molecule has 0 fully saturated rings. The third-order valence-corrected chi connectivity index (χ3v) is 4.41. The molecular formula is C10H12FN5O2S. The third-order valence-electron chi connectivity index (χ3n) is 2.59. The number of aryl methyl sites for hydroxylation is 1. The average molecular weight is 285 g/mol. The van der Waals surface area contributed by atoms with E-state index in [2.05, 4.69) is 15.5 Å². The Kier molecular flexibility index (Phi) is 3.58. The zero-order chi connectivity index (χ0) is 14.0. The molecule has 9 heteroatoms. The van der Waals surface area contributed by atoms with Gasteiger partial charge in [-0.05, 0) is 34.7 Å². The number of halogens is 1. The summed E-state index contributed by atoms with van der Waals surface area (Å²) in [6.07, 6.45) is 0. The fraction of sp³-hybridized carbons (Fsp3) is 0.300. The van der Waals surface area contributed by atoms with Gasteiger partial charge in [-0.3, -0.25) is 0 Å². The van der Waals surface area contributed by atoms with Gasteiger partial charge < -0.3 is 0 Å². The molecule has 0 bridgehead atoms. The van der Waals surface area contributed by atoms with Gasteiger partial charge in [-0.1, -0.05) is 0 Å². The number of aromatic nitrogens is 4. The monoisotopic (exact) mass is 285 g/mol. The fourth-order valence-corrected chi connectivity index (χ4v) is 2.58. The smallest absolute Gasteiger partial charge is 0.231 e. The van der Waals surface area contributed by atoms with Gasteiger partial charge in [0.15, 0.2) is 5.82 Å². The first-order valence-electron chi connectivity index (χ1n) is 5.34. The van der Waals surface area contributed by atoms with Gasteiger partial charge in [-0.2, -0.15) is 4.31 Å². The number of sulfonamides is 1. The van der Waals surface area contributed by atoms with Gasteiger partial charge >= 0.3 is 0 Å². The van der Waals surface area contributed by atoms with Crippen LogP contribution in [0, 0.1) is 5.82 Å². The molecule has 2 aromatic rings. The minimum atomic E-state index is -3.69. The molecule has 0 atom stereocenters. The Labute approximate surface area is 109 Å². The predicted molar refractivity (Wildman–Crippen MR) is 63.9 cm³/mol. The van der Waals surface area contributed by atoms with Crippen LogP contribution in [0.2, 0.25) is 0 Å². The van der Waals surface area contributed by atoms with Gasteiger partial charge in [0.2, 0.25) is 10.0 Å². The number of nitrogens with zero attached hydrogens (tertiary/aromatic N) is 5. The highest BCUT2D eigenvalue weighted by Gasteiger charge is 2.22. The van der Waals surface area contributed by atoms with Crippen molar-refractivity contribution in [3.63, 3.8) is 0 Å². The molecule has 0 aliphatic rings. The Hall–Kier alpha value is -1.87. The second-order valence-electron chi connectivity index (χ2n) is 3.93. The van der Waals surface area contributed by atoms with Gasteiger partial charge in [0.1, 0.15) is 5.82 Å². The van der Waals surface area contributed by atoms with Gasteiger partial charge in [0, 0.05) is 14.1 Å². The molecule has 0 amide bonds. The summed E-state index contributed by atoms with van der Waals surface area (Å²) in [5, 5.41) is 10.8. The van der Waals surface area contributed by atoms with Crippen LogP contribution in [0.3, 0.4) is 0 Å². The van der Waals surface area contributed by atoms with Crippen molar-refractivity contribution in [1.29, 1.82) is 0 Å². The van der Waals surface area contributed by atoms with Gasteiger partial charge in [-0.15, -0.1) is 5.10 Å². The lowest BCUT2D eigenvalue weighted by atomic mass is 10.4. The van der Waals surface area contributed by atoms with Crippen molar-refractivity contribution in [1.82, 2.24) is 24.5 Å². The van der Waals surface area contributed by atoms with Crippen molar-refractivity contribution in [2.45, 2.75) is 11.4 Å². The molecule has 102 valence electrons. The fourth-order valence-electron chi connectivity index (χ4n) is 1.45. The maximum absolute atomic E-state index is 12.8. The molecule has 7 nitrogen and oxygen atoms in total. The number of hydrogen-bond donors (Lipinski definition) is 0. The molecule has 0 spiro atoms. The first-order valence-corrected chi connectivity index (χ1v) is 6.78. The van der Waals surface area contributed by atoms with Crippen molar-refractivity contribution in [3.8, 4) is 0 Å². The van der Waals surface area contributed by atoms with Gasteiger partial charge in [-0.25, -0.2) is 17.5 Å². The first-order chi connectivity index (χ1) is 8.91. The number of hydrogen-bond acceptors (Lipinski definition) is 5. The van der Waals surface area contributed by atoms with Crippen LogP contribution in [-0.2, 0) is 23.6 Å². The minimum absolute atomic E-state index is 0.0199. The van der Waals surface area contributed by atoms with Crippen LogP contribution in [0.25, 0.3) is 0 Å². The normalized spacial score (nSPS) is 12.0. The molecule has 0 aliphatic carbocycles. The van der Waals surface area contributed by atoms with Crippen LogP contribution in [0.4, 0.5) is 4.39 Å². The number of tetrazole rings is 1. The maximum atomic E-state index is 12.8. The lowest BCUT2D eigenvalue weighted by molar-refractivity contribution is 0.447. The molecule has 0 aliphatic heterocycles. The van der Waals surface area contributed by atoms with E-state index in [4.69, 9.17) is 0 Å². The molecule has 1 aromatic carbocycles. The van der Waals surface area contributed by atoms with Crippen LogP contribution in [-0.4, -0.2) is 40.0 Å². The van der Waals surface area contributed by atoms with E-state index in [-0.39, 0.29) is 11.4 Å². The second kappa shape index (κ2) is 5.02. The molecule has 1 aromatic heterocycles. The topological polar surface area (TPSA) is 81.0 Å². The molecule has 0 saturated carbocycles. The molecule has 0 unspecified atom stereocenters. The van der Waals surface area contributed by atoms with E-state index < -0.39 is 15.8 Å². The number of benzene rings is 1. The van der Waals surface area contributed by atoms with E-state index in [1.165, 1.54) is 23.9 Å². The van der Waals surface area contributed by atoms with Crippen molar-refractivity contribution in [3.05, 3.63) is 35.9 Å². The quantitative estimate of drug-likeness (QED) is 0.800. The third kappa shape index (κ3) is 2.76. The van der Waals surface area contributed by atoms with E-state index in [0.717, 1.165) is 16.4 Å². The highest BCUT2D eigenvalue weighted by atomic mass is 32.2. The Bertz CT molecular complexity index is 667. The summed E-state index contributed by atoms with van der Waals surface area (Å²) >= 11 is 0. The summed E-state index contributed by atoms with van der Waals surface area (Å²) in [4.78, 5) is 0.0199. The lowest BCUT2D eigenvalue weighted by Crippen LogP contribution is -2.27. The molecular weight excluding hydrogens is 273 g/mol. The number of rotatable bonds is 4. The molecule has 19 heavy (non-hydrogen) atoms. The minimum Gasteiger partial charge on any atom is -0.231 e. The molecule has 2 rings (SSSR count). The van der Waals surface area contributed by atoms with Gasteiger partial charge in [0.05, 0.1) is 11.4 Å². The predicted octanol–water partition coefficient (Wildman–Crippen LogP) is 0.170. The van der Waals surface area contributed by atoms with Crippen LogP contribution >= 0.6 is 0 Å². The van der Waals surface area contributed by atoms with Crippen molar-refractivity contribution in [2.24, 2.45) is 7.05 Å². The summed E-state index contributed by atoms with van der Waals surface area (Å²) in [5.74, 6) is -0.0766. The summed E-state index contributed by atoms with van der Waals surface area (Å²) in [6, 6.07) is 4.64. The highest BCUT2D eigenvalue weighted by molar-refractivity contribution is 7.89. The SMILES string of the molecule is CN(Cc1nnnn1C)S(=O)(=O)c1ccc(F)cc1. The lowest BCUT2D eigenvalue weighted by Gasteiger charge is -2.16. The van der Waals surface area contributed by atoms with Crippen molar-refractivity contribution >= 4 is 10.0 Å². The first kappa shape index (κ1) is 13.6. The Balaban J connectivity index is 2.24. The van der Waals surface area contributed by atoms with Crippen molar-refractivity contribution < 1.29 is 12.8 Å². The van der Waals surface area contributed by atoms with E-state index in [1.54, 1.807) is 7.05 Å². The Morgan fingerprint density at radius 2 is 1.95 bits per heavy atom. The Morgan fingerprint density at radius 3 is 2.47 bits per heavy atom. The zero-order valence-corrected chi connectivity index (χ0v) is 11.2. The summed E-state index contributed by atoms with van der Waals surface area (Å²) < 4.78 is 39.7. The van der Waals surface area contributed by atoms with Gasteiger partial charge in [0.25, 0.3) is 0 Å². The van der Waals surface area contributed by atoms with Crippen LogP contribution < -0.4 is 0 Å². The second-order valence-corrected chi connectivity index (χ2v) is 5.98. The summed E-state index contributed by atoms with van der Waals surface area (Å²) in [5.41, 5.74) is 0. The van der Waals surface area contributed by atoms with E-state index in [9.17, 15) is 12.8 Å². The Morgan fingerprint density at radius 1 is 1.32 bits per heavy atom. The van der Waals surface area contributed by atoms with E-state index in [0.29, 0.717) is 5.82 Å². The van der Waals surface area contributed by atoms with E-state index in [1.807, 2.05) is 0 Å². The molecule has 1 heterocycles. The van der Waals surface area contributed by atoms with Crippen LogP contribution in [0.1, 0.15) is 5.82 Å². The van der Waals surface area contributed by atoms with Crippen LogP contribution in [0.5, 0.6) is 0 Å². The largest absolute Gasteiger partial charge is 0.243 e. The van der Waals surface area contributed by atoms with E-state index >= 15 is 0 Å². The standard InChI is InChI=1S/C10H12FN5O2S/c1-15(7-10-12-13-14-16(10)2)19(17,18)9-5-3-8(11)4-6-9/h3-6H,7H2,1-2H3. The zero-order valence-electron chi connectivity index (χ0n) is 10.4. The average Bonchev–Trinajstić information content (AvgIpc) is 2.75. The van der Waals surface area contributed by atoms with Crippen LogP contribution in [0.15, 0.2) is 29.2 Å². The van der Waals surface area contributed by atoms with Crippen molar-refractivity contribution in [2.75, 3.05) is 7.05 Å². The molecule has 0 saturated heterocycles. The molecule has 0 N–H and O–H groups in total. The molecule has 0 radical (unpaired) electrons. The summed E-state index contributed by atoms with van der Waals surface area (Å²) in [7, 11) is -0.662. The highest BCUT2D eigenvalue weighted by Crippen LogP contribution is 2.16. The summed E-state index contributed by atoms with van der Waals surface area (Å²) in [6.45, 7) is 0.0310. The maximum Gasteiger partial charge on any atom is 0.243 e.